The Morgan fingerprint density at radius 3 is 2.73 bits per heavy atom. The summed E-state index contributed by atoms with van der Waals surface area (Å²) >= 11 is 0. The zero-order chi connectivity index (χ0) is 7.84. The SMILES string of the molecule is C=C1C(=O)CC2CCCCC12. The molecule has 60 valence electrons. The summed E-state index contributed by atoms with van der Waals surface area (Å²) < 4.78 is 0. The zero-order valence-electron chi connectivity index (χ0n) is 6.81. The predicted octanol–water partition coefficient (Wildman–Crippen LogP) is 2.32. The van der Waals surface area contributed by atoms with E-state index in [2.05, 4.69) is 6.58 Å². The van der Waals surface area contributed by atoms with Crippen molar-refractivity contribution in [1.29, 1.82) is 0 Å². The number of Topliss-reactive ketones (excluding diaryl/α,β-unsaturated/α-hetero) is 1. The van der Waals surface area contributed by atoms with Crippen LogP contribution in [0.2, 0.25) is 0 Å². The Bertz CT molecular complexity index is 205. The molecular weight excluding hydrogens is 136 g/mol. The van der Waals surface area contributed by atoms with E-state index in [-0.39, 0.29) is 0 Å². The smallest absolute Gasteiger partial charge is 0.158 e. The van der Waals surface area contributed by atoms with Crippen LogP contribution in [-0.4, -0.2) is 5.78 Å². The lowest BCUT2D eigenvalue weighted by molar-refractivity contribution is -0.114. The molecule has 1 heteroatoms. The second-order valence-corrected chi connectivity index (χ2v) is 3.80. The summed E-state index contributed by atoms with van der Waals surface area (Å²) in [5, 5.41) is 0. The van der Waals surface area contributed by atoms with Crippen LogP contribution < -0.4 is 0 Å². The van der Waals surface area contributed by atoms with Gasteiger partial charge in [-0.15, -0.1) is 0 Å². The van der Waals surface area contributed by atoms with Crippen molar-refractivity contribution in [2.75, 3.05) is 0 Å². The van der Waals surface area contributed by atoms with Crippen LogP contribution in [0.3, 0.4) is 0 Å². The molecule has 0 heterocycles. The predicted molar refractivity (Wildman–Crippen MR) is 44.2 cm³/mol. The Balaban J connectivity index is 2.18. The van der Waals surface area contributed by atoms with E-state index in [1.807, 2.05) is 0 Å². The molecule has 2 saturated carbocycles. The molecule has 0 bridgehead atoms. The number of ketones is 1. The van der Waals surface area contributed by atoms with Crippen LogP contribution in [0, 0.1) is 11.8 Å². The average Bonchev–Trinajstić information content (AvgIpc) is 2.30. The monoisotopic (exact) mass is 150 g/mol. The highest BCUT2D eigenvalue weighted by Crippen LogP contribution is 2.42. The molecule has 0 aromatic rings. The molecule has 2 aliphatic carbocycles. The maximum Gasteiger partial charge on any atom is 0.158 e. The van der Waals surface area contributed by atoms with Gasteiger partial charge in [0, 0.05) is 6.42 Å². The summed E-state index contributed by atoms with van der Waals surface area (Å²) in [6.45, 7) is 3.87. The number of hydrogen-bond acceptors (Lipinski definition) is 1. The third-order valence-electron chi connectivity index (χ3n) is 3.16. The van der Waals surface area contributed by atoms with Gasteiger partial charge in [0.1, 0.15) is 0 Å². The summed E-state index contributed by atoms with van der Waals surface area (Å²) in [7, 11) is 0. The first-order chi connectivity index (χ1) is 5.29. The Morgan fingerprint density at radius 1 is 1.27 bits per heavy atom. The van der Waals surface area contributed by atoms with E-state index in [1.54, 1.807) is 0 Å². The number of hydrogen-bond donors (Lipinski definition) is 0. The van der Waals surface area contributed by atoms with Gasteiger partial charge in [-0.1, -0.05) is 19.4 Å². The van der Waals surface area contributed by atoms with Crippen molar-refractivity contribution >= 4 is 5.78 Å². The topological polar surface area (TPSA) is 17.1 Å². The fraction of sp³-hybridized carbons (Fsp3) is 0.700. The lowest BCUT2D eigenvalue weighted by Crippen LogP contribution is -2.13. The quantitative estimate of drug-likeness (QED) is 0.484. The van der Waals surface area contributed by atoms with Gasteiger partial charge in [-0.3, -0.25) is 4.79 Å². The van der Waals surface area contributed by atoms with Crippen LogP contribution in [0.4, 0.5) is 0 Å². The van der Waals surface area contributed by atoms with Crippen molar-refractivity contribution in [1.82, 2.24) is 0 Å². The fourth-order valence-electron chi connectivity index (χ4n) is 2.49. The van der Waals surface area contributed by atoms with Gasteiger partial charge < -0.3 is 0 Å². The van der Waals surface area contributed by atoms with Gasteiger partial charge >= 0.3 is 0 Å². The molecule has 0 saturated heterocycles. The number of rotatable bonds is 0. The third-order valence-corrected chi connectivity index (χ3v) is 3.16. The Morgan fingerprint density at radius 2 is 2.00 bits per heavy atom. The average molecular weight is 150 g/mol. The summed E-state index contributed by atoms with van der Waals surface area (Å²) in [6.07, 6.45) is 5.89. The Hall–Kier alpha value is -0.590. The highest BCUT2D eigenvalue weighted by molar-refractivity contribution is 5.97. The highest BCUT2D eigenvalue weighted by atomic mass is 16.1. The van der Waals surface area contributed by atoms with E-state index in [0.717, 1.165) is 12.0 Å². The van der Waals surface area contributed by atoms with Gasteiger partial charge in [0.05, 0.1) is 0 Å². The second kappa shape index (κ2) is 2.47. The molecular formula is C10H14O. The molecule has 0 spiro atoms. The molecule has 0 aliphatic heterocycles. The maximum absolute atomic E-state index is 11.2. The summed E-state index contributed by atoms with van der Waals surface area (Å²) in [4.78, 5) is 11.2. The fourth-order valence-corrected chi connectivity index (χ4v) is 2.49. The van der Waals surface area contributed by atoms with Crippen LogP contribution in [0.1, 0.15) is 32.1 Å². The normalized spacial score (nSPS) is 37.5. The number of fused-ring (bicyclic) bond motifs is 1. The van der Waals surface area contributed by atoms with E-state index in [9.17, 15) is 4.79 Å². The van der Waals surface area contributed by atoms with Gasteiger partial charge in [-0.05, 0) is 30.3 Å². The van der Waals surface area contributed by atoms with Gasteiger partial charge in [0.15, 0.2) is 5.78 Å². The Kier molecular flexibility index (Phi) is 1.59. The summed E-state index contributed by atoms with van der Waals surface area (Å²) in [6, 6.07) is 0. The van der Waals surface area contributed by atoms with Crippen LogP contribution in [0.5, 0.6) is 0 Å². The van der Waals surface area contributed by atoms with E-state index in [0.29, 0.717) is 17.6 Å². The van der Waals surface area contributed by atoms with Crippen LogP contribution >= 0.6 is 0 Å². The largest absolute Gasteiger partial charge is 0.295 e. The molecule has 0 aromatic carbocycles. The van der Waals surface area contributed by atoms with Gasteiger partial charge in [-0.2, -0.15) is 0 Å². The molecule has 0 amide bonds. The van der Waals surface area contributed by atoms with E-state index < -0.39 is 0 Å². The van der Waals surface area contributed by atoms with Crippen molar-refractivity contribution < 1.29 is 4.79 Å². The molecule has 2 fully saturated rings. The maximum atomic E-state index is 11.2. The Labute approximate surface area is 67.5 Å². The summed E-state index contributed by atoms with van der Waals surface area (Å²) in [5.74, 6) is 1.57. The van der Waals surface area contributed by atoms with Gasteiger partial charge in [0.2, 0.25) is 0 Å². The third kappa shape index (κ3) is 1.03. The first-order valence-electron chi connectivity index (χ1n) is 4.51. The second-order valence-electron chi connectivity index (χ2n) is 3.80. The molecule has 0 radical (unpaired) electrons. The minimum absolute atomic E-state index is 0.335. The molecule has 2 unspecified atom stereocenters. The molecule has 2 rings (SSSR count). The molecule has 1 nitrogen and oxygen atoms in total. The first-order valence-corrected chi connectivity index (χ1v) is 4.51. The number of carbonyl (C=O) groups excluding carboxylic acids is 1. The lowest BCUT2D eigenvalue weighted by atomic mass is 9.81. The van der Waals surface area contributed by atoms with Gasteiger partial charge in [0.25, 0.3) is 0 Å². The summed E-state index contributed by atoms with van der Waals surface area (Å²) in [5.41, 5.74) is 0.926. The van der Waals surface area contributed by atoms with Crippen molar-refractivity contribution in [3.8, 4) is 0 Å². The number of carbonyl (C=O) groups is 1. The molecule has 2 atom stereocenters. The van der Waals surface area contributed by atoms with E-state index in [1.165, 1.54) is 25.7 Å². The van der Waals surface area contributed by atoms with E-state index >= 15 is 0 Å². The van der Waals surface area contributed by atoms with Crippen molar-refractivity contribution in [3.05, 3.63) is 12.2 Å². The van der Waals surface area contributed by atoms with Crippen LogP contribution in [0.15, 0.2) is 12.2 Å². The van der Waals surface area contributed by atoms with Gasteiger partial charge in [-0.25, -0.2) is 0 Å². The van der Waals surface area contributed by atoms with Crippen molar-refractivity contribution in [2.45, 2.75) is 32.1 Å². The van der Waals surface area contributed by atoms with E-state index in [4.69, 9.17) is 0 Å². The van der Waals surface area contributed by atoms with Crippen LogP contribution in [0.25, 0.3) is 0 Å². The first kappa shape index (κ1) is 7.08. The highest BCUT2D eigenvalue weighted by Gasteiger charge is 2.37. The van der Waals surface area contributed by atoms with Crippen LogP contribution in [-0.2, 0) is 4.79 Å². The molecule has 0 N–H and O–H groups in total. The zero-order valence-corrected chi connectivity index (χ0v) is 6.81. The standard InChI is InChI=1S/C10H14O/c1-7-9-5-3-2-4-8(9)6-10(7)11/h8-9H,1-6H2. The molecule has 2 aliphatic rings. The minimum Gasteiger partial charge on any atom is -0.295 e. The molecule has 11 heavy (non-hydrogen) atoms. The van der Waals surface area contributed by atoms with Crippen molar-refractivity contribution in [3.63, 3.8) is 0 Å². The number of allylic oxidation sites excluding steroid dienone is 1. The lowest BCUT2D eigenvalue weighted by Gasteiger charge is -2.24. The van der Waals surface area contributed by atoms with Crippen molar-refractivity contribution in [2.24, 2.45) is 11.8 Å². The molecule has 0 aromatic heterocycles. The minimum atomic E-state index is 0.335.